The summed E-state index contributed by atoms with van der Waals surface area (Å²) in [7, 11) is 1.40. The van der Waals surface area contributed by atoms with Gasteiger partial charge in [0.1, 0.15) is 0 Å². The Morgan fingerprint density at radius 3 is 1.96 bits per heavy atom. The molecule has 0 unspecified atom stereocenters. The van der Waals surface area contributed by atoms with Gasteiger partial charge in [-0.15, -0.1) is 0 Å². The van der Waals surface area contributed by atoms with Crippen molar-refractivity contribution in [2.75, 3.05) is 7.11 Å². The molecule has 3 heteroatoms. The highest BCUT2D eigenvalue weighted by Gasteiger charge is 2.38. The van der Waals surface area contributed by atoms with E-state index in [9.17, 15) is 4.79 Å². The lowest BCUT2D eigenvalue weighted by Crippen LogP contribution is -2.37. The molecule has 3 nitrogen and oxygen atoms in total. The van der Waals surface area contributed by atoms with Crippen molar-refractivity contribution in [1.29, 1.82) is 0 Å². The third-order valence-electron chi connectivity index (χ3n) is 4.61. The molecule has 3 rings (SSSR count). The summed E-state index contributed by atoms with van der Waals surface area (Å²) in [4.78, 5) is 12.2. The van der Waals surface area contributed by atoms with Crippen molar-refractivity contribution in [3.8, 4) is 0 Å². The minimum Gasteiger partial charge on any atom is -0.469 e. The van der Waals surface area contributed by atoms with Crippen LogP contribution < -0.4 is 5.73 Å². The quantitative estimate of drug-likeness (QED) is 0.583. The van der Waals surface area contributed by atoms with Crippen molar-refractivity contribution < 1.29 is 9.53 Å². The molecule has 0 amide bonds. The summed E-state index contributed by atoms with van der Waals surface area (Å²) in [6, 6.07) is 18.0. The molecule has 0 aliphatic rings. The lowest BCUT2D eigenvalue weighted by molar-refractivity contribution is -0.152. The molecule has 0 fully saturated rings. The average Bonchev–Trinajstić information content (AvgIpc) is 2.58. The molecule has 1 atom stereocenters. The Balaban J connectivity index is 2.35. The van der Waals surface area contributed by atoms with Crippen molar-refractivity contribution in [1.82, 2.24) is 0 Å². The second kappa shape index (κ2) is 5.67. The number of benzene rings is 3. The van der Waals surface area contributed by atoms with Gasteiger partial charge in [-0.3, -0.25) is 4.79 Å². The van der Waals surface area contributed by atoms with Crippen molar-refractivity contribution in [2.45, 2.75) is 19.9 Å². The highest BCUT2D eigenvalue weighted by atomic mass is 16.5. The molecule has 0 aliphatic heterocycles. The van der Waals surface area contributed by atoms with Gasteiger partial charge in [-0.25, -0.2) is 0 Å². The molecule has 0 bridgehead atoms. The van der Waals surface area contributed by atoms with E-state index in [0.717, 1.165) is 27.1 Å². The first-order chi connectivity index (χ1) is 11.0. The summed E-state index contributed by atoms with van der Waals surface area (Å²) < 4.78 is 4.96. The van der Waals surface area contributed by atoms with Crippen LogP contribution in [0.3, 0.4) is 0 Å². The van der Waals surface area contributed by atoms with Gasteiger partial charge >= 0.3 is 5.97 Å². The van der Waals surface area contributed by atoms with Gasteiger partial charge in [0.25, 0.3) is 0 Å². The molecule has 0 spiro atoms. The number of rotatable bonds is 3. The van der Waals surface area contributed by atoms with Gasteiger partial charge in [-0.1, -0.05) is 48.5 Å². The van der Waals surface area contributed by atoms with Gasteiger partial charge in [0.2, 0.25) is 0 Å². The maximum Gasteiger partial charge on any atom is 0.313 e. The minimum absolute atomic E-state index is 0.304. The van der Waals surface area contributed by atoms with Crippen LogP contribution in [0.1, 0.15) is 25.5 Å². The van der Waals surface area contributed by atoms with Crippen LogP contribution in [-0.4, -0.2) is 13.1 Å². The van der Waals surface area contributed by atoms with Gasteiger partial charge < -0.3 is 10.5 Å². The Hall–Kier alpha value is -2.39. The summed E-state index contributed by atoms with van der Waals surface area (Å²) >= 11 is 0. The van der Waals surface area contributed by atoms with E-state index in [2.05, 4.69) is 30.3 Å². The number of methoxy groups -OCH3 is 1. The monoisotopic (exact) mass is 307 g/mol. The van der Waals surface area contributed by atoms with Gasteiger partial charge in [0.05, 0.1) is 12.5 Å². The number of ether oxygens (including phenoxy) is 1. The third-order valence-corrected chi connectivity index (χ3v) is 4.61. The SMILES string of the molecule is COC(=O)C(C)(C)[C@H](N)c1c2ccccc2cc2ccccc12. The Labute approximate surface area is 136 Å². The number of carbonyl (C=O) groups is 1. The van der Waals surface area contributed by atoms with Crippen molar-refractivity contribution in [3.05, 3.63) is 60.2 Å². The second-order valence-corrected chi connectivity index (χ2v) is 6.42. The topological polar surface area (TPSA) is 52.3 Å². The van der Waals surface area contributed by atoms with Crippen LogP contribution in [0.15, 0.2) is 54.6 Å². The van der Waals surface area contributed by atoms with Crippen LogP contribution in [0.5, 0.6) is 0 Å². The fourth-order valence-electron chi connectivity index (χ4n) is 3.13. The first-order valence-corrected chi connectivity index (χ1v) is 7.71. The molecule has 0 heterocycles. The molecule has 0 aromatic heterocycles. The lowest BCUT2D eigenvalue weighted by Gasteiger charge is -2.30. The smallest absolute Gasteiger partial charge is 0.313 e. The Bertz CT molecular complexity index is 829. The molecular formula is C20H21NO2. The molecule has 0 saturated carbocycles. The molecule has 3 aromatic carbocycles. The molecule has 3 aromatic rings. The van der Waals surface area contributed by atoms with Crippen LogP contribution in [0, 0.1) is 5.41 Å². The highest BCUT2D eigenvalue weighted by molar-refractivity contribution is 6.03. The minimum atomic E-state index is -0.818. The number of hydrogen-bond donors (Lipinski definition) is 1. The maximum atomic E-state index is 12.2. The molecule has 0 aliphatic carbocycles. The summed E-state index contributed by atoms with van der Waals surface area (Å²) in [5.41, 5.74) is 6.76. The zero-order valence-corrected chi connectivity index (χ0v) is 13.7. The van der Waals surface area contributed by atoms with E-state index in [0.29, 0.717) is 0 Å². The predicted octanol–water partition coefficient (Wildman–Crippen LogP) is 4.19. The number of esters is 1. The van der Waals surface area contributed by atoms with E-state index in [1.54, 1.807) is 0 Å². The van der Waals surface area contributed by atoms with Gasteiger partial charge in [-0.2, -0.15) is 0 Å². The zero-order valence-electron chi connectivity index (χ0n) is 13.7. The van der Waals surface area contributed by atoms with Crippen molar-refractivity contribution in [3.63, 3.8) is 0 Å². The second-order valence-electron chi connectivity index (χ2n) is 6.42. The molecule has 2 N–H and O–H groups in total. The van der Waals surface area contributed by atoms with Gasteiger partial charge in [0, 0.05) is 6.04 Å². The normalized spacial score (nSPS) is 13.2. The summed E-state index contributed by atoms with van der Waals surface area (Å²) in [6.45, 7) is 3.67. The van der Waals surface area contributed by atoms with Gasteiger partial charge in [-0.05, 0) is 47.0 Å². The van der Waals surface area contributed by atoms with E-state index >= 15 is 0 Å². The predicted molar refractivity (Wildman–Crippen MR) is 94.2 cm³/mol. The Morgan fingerprint density at radius 2 is 1.48 bits per heavy atom. The molecule has 0 saturated heterocycles. The first-order valence-electron chi connectivity index (χ1n) is 7.71. The maximum absolute atomic E-state index is 12.2. The van der Waals surface area contributed by atoms with Gasteiger partial charge in [0.15, 0.2) is 0 Å². The highest BCUT2D eigenvalue weighted by Crippen LogP contribution is 2.40. The van der Waals surface area contributed by atoms with Crippen LogP contribution in [0.2, 0.25) is 0 Å². The standard InChI is InChI=1S/C20H21NO2/c1-20(2,19(22)23-3)18(21)17-15-10-6-4-8-13(15)12-14-9-5-7-11-16(14)17/h4-12,18H,21H2,1-3H3/t18-/m1/s1. The largest absolute Gasteiger partial charge is 0.469 e. The summed E-state index contributed by atoms with van der Waals surface area (Å²) in [5, 5.41) is 4.40. The van der Waals surface area contributed by atoms with Crippen LogP contribution >= 0.6 is 0 Å². The molecular weight excluding hydrogens is 286 g/mol. The number of carbonyl (C=O) groups excluding carboxylic acids is 1. The fraction of sp³-hybridized carbons (Fsp3) is 0.250. The third kappa shape index (κ3) is 2.47. The van der Waals surface area contributed by atoms with Crippen LogP contribution in [0.25, 0.3) is 21.5 Å². The molecule has 118 valence electrons. The Kier molecular flexibility index (Phi) is 3.82. The summed E-state index contributed by atoms with van der Waals surface area (Å²) in [6.07, 6.45) is 0. The van der Waals surface area contributed by atoms with Crippen LogP contribution in [0.4, 0.5) is 0 Å². The van der Waals surface area contributed by atoms with Crippen molar-refractivity contribution in [2.24, 2.45) is 11.1 Å². The van der Waals surface area contributed by atoms with E-state index in [4.69, 9.17) is 10.5 Å². The van der Waals surface area contributed by atoms with E-state index in [1.807, 2.05) is 38.1 Å². The zero-order chi connectivity index (χ0) is 16.6. The Morgan fingerprint density at radius 1 is 1.00 bits per heavy atom. The van der Waals surface area contributed by atoms with E-state index in [1.165, 1.54) is 7.11 Å². The number of hydrogen-bond acceptors (Lipinski definition) is 3. The van der Waals surface area contributed by atoms with Crippen molar-refractivity contribution >= 4 is 27.5 Å². The average molecular weight is 307 g/mol. The van der Waals surface area contributed by atoms with E-state index in [-0.39, 0.29) is 5.97 Å². The van der Waals surface area contributed by atoms with Crippen LogP contribution in [-0.2, 0) is 9.53 Å². The summed E-state index contributed by atoms with van der Waals surface area (Å²) in [5.74, 6) is -0.304. The number of fused-ring (bicyclic) bond motifs is 2. The first kappa shape index (κ1) is 15.5. The molecule has 23 heavy (non-hydrogen) atoms. The molecule has 0 radical (unpaired) electrons. The lowest BCUT2D eigenvalue weighted by atomic mass is 9.78. The fourth-order valence-corrected chi connectivity index (χ4v) is 3.13. The van der Waals surface area contributed by atoms with E-state index < -0.39 is 11.5 Å². The number of nitrogens with two attached hydrogens (primary N) is 1.